The summed E-state index contributed by atoms with van der Waals surface area (Å²) in [7, 11) is 0. The first-order chi connectivity index (χ1) is 33.7. The summed E-state index contributed by atoms with van der Waals surface area (Å²) in [5.41, 5.74) is 6.37. The van der Waals surface area contributed by atoms with Gasteiger partial charge in [0.05, 0.1) is 44.6 Å². The average molecular weight is 859 g/mol. The van der Waals surface area contributed by atoms with E-state index < -0.39 is 0 Å². The first-order valence-corrected chi connectivity index (χ1v) is 23.0. The van der Waals surface area contributed by atoms with Crippen LogP contribution in [-0.4, -0.2) is 9.13 Å². The molecule has 15 rings (SSSR count). The number of rotatable bonds is 2. The smallest absolute Gasteiger partial charge is 0.101 e. The number of hydrogen-bond acceptors (Lipinski definition) is 2. The van der Waals surface area contributed by atoms with Gasteiger partial charge in [0.2, 0.25) is 0 Å². The van der Waals surface area contributed by atoms with Crippen molar-refractivity contribution in [3.63, 3.8) is 0 Å². The second-order valence-corrected chi connectivity index (χ2v) is 18.2. The SMILES string of the molecule is N#Cc1cc(-n2c3ccc4ccc5ccccc5c4c3c3c4c(ccc5ccccc54)ccc32)c(-n2c3ccc4ccc5ccccc5c4c3c3c4c(ccc5ccccc54)ccc32)cc1C#N. The molecule has 0 amide bonds. The van der Waals surface area contributed by atoms with Gasteiger partial charge in [-0.15, -0.1) is 0 Å². The summed E-state index contributed by atoms with van der Waals surface area (Å²) in [4.78, 5) is 0. The van der Waals surface area contributed by atoms with E-state index >= 15 is 0 Å². The van der Waals surface area contributed by atoms with E-state index in [0.717, 1.165) is 76.5 Å². The molecule has 0 aliphatic carbocycles. The van der Waals surface area contributed by atoms with Crippen molar-refractivity contribution in [3.05, 3.63) is 217 Å². The van der Waals surface area contributed by atoms with Gasteiger partial charge in [-0.25, -0.2) is 0 Å². The molecule has 0 N–H and O–H groups in total. The van der Waals surface area contributed by atoms with Crippen LogP contribution in [0.25, 0.3) is 141 Å². The Hall–Kier alpha value is -9.48. The van der Waals surface area contributed by atoms with Gasteiger partial charge < -0.3 is 9.13 Å². The molecule has 0 fully saturated rings. The first-order valence-electron chi connectivity index (χ1n) is 23.0. The molecule has 0 saturated heterocycles. The van der Waals surface area contributed by atoms with Crippen molar-refractivity contribution in [1.82, 2.24) is 9.13 Å². The molecule has 0 unspecified atom stereocenters. The van der Waals surface area contributed by atoms with Crippen molar-refractivity contribution in [2.45, 2.75) is 0 Å². The molecule has 0 bridgehead atoms. The van der Waals surface area contributed by atoms with E-state index in [4.69, 9.17) is 0 Å². The van der Waals surface area contributed by atoms with Gasteiger partial charge in [0.1, 0.15) is 12.1 Å². The molecule has 2 heterocycles. The molecule has 2 aromatic heterocycles. The molecule has 68 heavy (non-hydrogen) atoms. The Labute approximate surface area is 388 Å². The largest absolute Gasteiger partial charge is 0.307 e. The van der Waals surface area contributed by atoms with Crippen LogP contribution in [0.1, 0.15) is 11.1 Å². The molecule has 0 atom stereocenters. The minimum Gasteiger partial charge on any atom is -0.307 e. The zero-order valence-corrected chi connectivity index (χ0v) is 36.4. The second kappa shape index (κ2) is 13.5. The minimum absolute atomic E-state index is 0.326. The number of nitrogens with zero attached hydrogens (tertiary/aromatic N) is 4. The predicted octanol–water partition coefficient (Wildman–Crippen LogP) is 16.8. The van der Waals surface area contributed by atoms with Crippen molar-refractivity contribution in [2.75, 3.05) is 0 Å². The zero-order chi connectivity index (χ0) is 44.8. The fourth-order valence-electron chi connectivity index (χ4n) is 12.0. The average Bonchev–Trinajstić information content (AvgIpc) is 3.93. The maximum absolute atomic E-state index is 10.9. The lowest BCUT2D eigenvalue weighted by molar-refractivity contribution is 1.09. The summed E-state index contributed by atoms with van der Waals surface area (Å²) >= 11 is 0. The fourth-order valence-corrected chi connectivity index (χ4v) is 12.0. The van der Waals surface area contributed by atoms with Crippen LogP contribution in [0.3, 0.4) is 0 Å². The summed E-state index contributed by atoms with van der Waals surface area (Å²) < 4.78 is 4.74. The second-order valence-electron chi connectivity index (χ2n) is 18.2. The van der Waals surface area contributed by atoms with Crippen molar-refractivity contribution < 1.29 is 0 Å². The van der Waals surface area contributed by atoms with Crippen LogP contribution in [0.15, 0.2) is 206 Å². The third-order valence-corrected chi connectivity index (χ3v) is 14.9. The molecular formula is C64H34N4. The van der Waals surface area contributed by atoms with Gasteiger partial charge in [-0.3, -0.25) is 0 Å². The molecule has 0 aliphatic heterocycles. The van der Waals surface area contributed by atoms with Gasteiger partial charge in [0.15, 0.2) is 0 Å². The number of benzene rings is 13. The molecule has 4 heteroatoms. The molecule has 0 saturated carbocycles. The van der Waals surface area contributed by atoms with E-state index in [0.29, 0.717) is 11.1 Å². The highest BCUT2D eigenvalue weighted by Crippen LogP contribution is 2.48. The monoisotopic (exact) mass is 858 g/mol. The standard InChI is InChI=1S/C64H34N4/c65-35-45-33-55(67-51-29-25-41-21-17-37-9-1-5-13-47(37)57(41)61(51)62-52(67)30-26-42-22-18-38-10-2-6-14-48(38)58(42)62)56(34-46(45)36-66)68-53-31-27-43-23-19-39-11-3-7-15-49(39)59(43)63(53)64-54(68)32-28-44-24-20-40-12-4-8-16-50(40)60(44)64/h1-34H. The predicted molar refractivity (Wildman–Crippen MR) is 285 cm³/mol. The lowest BCUT2D eigenvalue weighted by atomic mass is 9.94. The molecule has 0 radical (unpaired) electrons. The van der Waals surface area contributed by atoms with Crippen molar-refractivity contribution in [3.8, 4) is 23.5 Å². The molecular weight excluding hydrogens is 825 g/mol. The highest BCUT2D eigenvalue weighted by Gasteiger charge is 2.26. The van der Waals surface area contributed by atoms with E-state index in [2.05, 4.69) is 215 Å². The summed E-state index contributed by atoms with van der Waals surface area (Å²) in [5.74, 6) is 0. The van der Waals surface area contributed by atoms with Crippen molar-refractivity contribution in [2.24, 2.45) is 0 Å². The van der Waals surface area contributed by atoms with Crippen LogP contribution in [0.2, 0.25) is 0 Å². The summed E-state index contributed by atoms with van der Waals surface area (Å²) in [6.07, 6.45) is 0. The Morgan fingerprint density at radius 2 is 0.485 bits per heavy atom. The van der Waals surface area contributed by atoms with Gasteiger partial charge in [-0.2, -0.15) is 10.5 Å². The quantitative estimate of drug-likeness (QED) is 0.163. The van der Waals surface area contributed by atoms with E-state index in [1.807, 2.05) is 12.1 Å². The Morgan fingerprint density at radius 1 is 0.250 bits per heavy atom. The molecule has 310 valence electrons. The zero-order valence-electron chi connectivity index (χ0n) is 36.4. The number of hydrogen-bond donors (Lipinski definition) is 0. The van der Waals surface area contributed by atoms with Gasteiger partial charge in [0.25, 0.3) is 0 Å². The van der Waals surface area contributed by atoms with Crippen LogP contribution in [0.5, 0.6) is 0 Å². The minimum atomic E-state index is 0.326. The van der Waals surface area contributed by atoms with Crippen LogP contribution in [0.4, 0.5) is 0 Å². The summed E-state index contributed by atoms with van der Waals surface area (Å²) in [6, 6.07) is 79.3. The van der Waals surface area contributed by atoms with E-state index in [-0.39, 0.29) is 0 Å². The molecule has 15 aromatic rings. The highest BCUT2D eigenvalue weighted by molar-refractivity contribution is 6.38. The van der Waals surface area contributed by atoms with Gasteiger partial charge in [0, 0.05) is 21.5 Å². The Balaban J connectivity index is 1.20. The third kappa shape index (κ3) is 4.80. The summed E-state index contributed by atoms with van der Waals surface area (Å²) in [5, 5.41) is 45.3. The maximum Gasteiger partial charge on any atom is 0.101 e. The van der Waals surface area contributed by atoms with Crippen LogP contribution in [-0.2, 0) is 0 Å². The van der Waals surface area contributed by atoms with Crippen LogP contribution < -0.4 is 0 Å². The van der Waals surface area contributed by atoms with E-state index in [1.54, 1.807) is 0 Å². The molecule has 4 nitrogen and oxygen atoms in total. The number of nitriles is 2. The third-order valence-electron chi connectivity index (χ3n) is 14.9. The van der Waals surface area contributed by atoms with E-state index in [9.17, 15) is 10.5 Å². The van der Waals surface area contributed by atoms with Crippen LogP contribution >= 0.6 is 0 Å². The summed E-state index contributed by atoms with van der Waals surface area (Å²) in [6.45, 7) is 0. The Morgan fingerprint density at radius 3 is 0.750 bits per heavy atom. The van der Waals surface area contributed by atoms with Crippen molar-refractivity contribution in [1.29, 1.82) is 10.5 Å². The molecule has 0 aliphatic rings. The topological polar surface area (TPSA) is 57.4 Å². The van der Waals surface area contributed by atoms with Crippen molar-refractivity contribution >= 4 is 130 Å². The fraction of sp³-hybridized carbons (Fsp3) is 0. The lowest BCUT2D eigenvalue weighted by Gasteiger charge is -2.18. The van der Waals surface area contributed by atoms with Gasteiger partial charge in [-0.05, 0) is 123 Å². The molecule has 0 spiro atoms. The lowest BCUT2D eigenvalue weighted by Crippen LogP contribution is -2.05. The maximum atomic E-state index is 10.9. The Kier molecular flexibility index (Phi) is 7.33. The normalized spacial score (nSPS) is 12.1. The number of aromatic nitrogens is 2. The molecule has 13 aromatic carbocycles. The first kappa shape index (κ1) is 36.8. The van der Waals surface area contributed by atoms with E-state index in [1.165, 1.54) is 64.6 Å². The number of fused-ring (bicyclic) bond motifs is 22. The van der Waals surface area contributed by atoms with Gasteiger partial charge >= 0.3 is 0 Å². The van der Waals surface area contributed by atoms with Gasteiger partial charge in [-0.1, -0.05) is 170 Å². The van der Waals surface area contributed by atoms with Crippen LogP contribution in [0, 0.1) is 22.7 Å². The Bertz CT molecular complexity index is 4300. The highest BCUT2D eigenvalue weighted by atomic mass is 15.1.